The van der Waals surface area contributed by atoms with Crippen molar-refractivity contribution in [3.63, 3.8) is 0 Å². The van der Waals surface area contributed by atoms with E-state index in [9.17, 15) is 4.79 Å². The molecule has 0 radical (unpaired) electrons. The van der Waals surface area contributed by atoms with Crippen molar-refractivity contribution < 1.29 is 4.79 Å². The summed E-state index contributed by atoms with van der Waals surface area (Å²) < 4.78 is 0. The van der Waals surface area contributed by atoms with E-state index in [0.29, 0.717) is 6.54 Å². The van der Waals surface area contributed by atoms with Crippen LogP contribution in [-0.4, -0.2) is 43.0 Å². The Balaban J connectivity index is 1.66. The Morgan fingerprint density at radius 1 is 1.26 bits per heavy atom. The van der Waals surface area contributed by atoms with Crippen molar-refractivity contribution in [3.8, 4) is 0 Å². The molecular weight excluding hydrogens is 238 g/mol. The Bertz CT molecular complexity index is 388. The summed E-state index contributed by atoms with van der Waals surface area (Å²) in [6.45, 7) is 5.69. The summed E-state index contributed by atoms with van der Waals surface area (Å²) in [5.41, 5.74) is 0.977. The van der Waals surface area contributed by atoms with E-state index in [-0.39, 0.29) is 11.9 Å². The molecule has 19 heavy (non-hydrogen) atoms. The average Bonchev–Trinajstić information content (AvgIpc) is 2.90. The summed E-state index contributed by atoms with van der Waals surface area (Å²) >= 11 is 0. The maximum Gasteiger partial charge on any atom is 0.239 e. The lowest BCUT2D eigenvalue weighted by molar-refractivity contribution is -0.120. The van der Waals surface area contributed by atoms with E-state index in [2.05, 4.69) is 22.5 Å². The summed E-state index contributed by atoms with van der Waals surface area (Å²) in [7, 11) is 0. The second-order valence-electron chi connectivity index (χ2n) is 5.20. The SMILES string of the molecule is CC(CN1CCCC1)NC(=O)CNc1ccccc1. The van der Waals surface area contributed by atoms with Crippen LogP contribution in [0.3, 0.4) is 0 Å². The lowest BCUT2D eigenvalue weighted by Gasteiger charge is -2.21. The Kier molecular flexibility index (Phi) is 5.21. The monoisotopic (exact) mass is 261 g/mol. The molecule has 1 unspecified atom stereocenters. The molecule has 1 aliphatic heterocycles. The van der Waals surface area contributed by atoms with Gasteiger partial charge in [-0.25, -0.2) is 0 Å². The minimum absolute atomic E-state index is 0.0514. The van der Waals surface area contributed by atoms with Gasteiger partial charge in [0.2, 0.25) is 5.91 Å². The number of para-hydroxylation sites is 1. The van der Waals surface area contributed by atoms with Crippen molar-refractivity contribution in [1.29, 1.82) is 0 Å². The summed E-state index contributed by atoms with van der Waals surface area (Å²) in [5.74, 6) is 0.0514. The van der Waals surface area contributed by atoms with Crippen molar-refractivity contribution in [2.45, 2.75) is 25.8 Å². The minimum atomic E-state index is 0.0514. The summed E-state index contributed by atoms with van der Waals surface area (Å²) in [4.78, 5) is 14.2. The van der Waals surface area contributed by atoms with E-state index in [1.807, 2.05) is 30.3 Å². The molecule has 1 aromatic carbocycles. The van der Waals surface area contributed by atoms with Crippen LogP contribution in [0, 0.1) is 0 Å². The molecule has 1 aromatic rings. The van der Waals surface area contributed by atoms with Gasteiger partial charge in [0, 0.05) is 18.3 Å². The Morgan fingerprint density at radius 2 is 1.95 bits per heavy atom. The van der Waals surface area contributed by atoms with Crippen LogP contribution < -0.4 is 10.6 Å². The van der Waals surface area contributed by atoms with E-state index < -0.39 is 0 Å². The number of amides is 1. The molecule has 1 heterocycles. The topological polar surface area (TPSA) is 44.4 Å². The van der Waals surface area contributed by atoms with Gasteiger partial charge in [0.25, 0.3) is 0 Å². The summed E-state index contributed by atoms with van der Waals surface area (Å²) in [6, 6.07) is 10.0. The maximum absolute atomic E-state index is 11.8. The lowest BCUT2D eigenvalue weighted by atomic mass is 10.3. The molecule has 104 valence electrons. The van der Waals surface area contributed by atoms with Gasteiger partial charge in [-0.1, -0.05) is 18.2 Å². The molecule has 1 saturated heterocycles. The van der Waals surface area contributed by atoms with Crippen LogP contribution in [0.1, 0.15) is 19.8 Å². The quantitative estimate of drug-likeness (QED) is 0.819. The molecule has 1 atom stereocenters. The number of nitrogens with one attached hydrogen (secondary N) is 2. The zero-order valence-corrected chi connectivity index (χ0v) is 11.6. The molecular formula is C15H23N3O. The fourth-order valence-electron chi connectivity index (χ4n) is 2.46. The molecule has 1 amide bonds. The molecule has 2 rings (SSSR count). The number of likely N-dealkylation sites (tertiary alicyclic amines) is 1. The van der Waals surface area contributed by atoms with Gasteiger partial charge in [0.1, 0.15) is 0 Å². The molecule has 1 aliphatic rings. The molecule has 0 spiro atoms. The largest absolute Gasteiger partial charge is 0.376 e. The number of anilines is 1. The second kappa shape index (κ2) is 7.14. The van der Waals surface area contributed by atoms with Crippen LogP contribution in [0.2, 0.25) is 0 Å². The number of carbonyl (C=O) groups is 1. The zero-order chi connectivity index (χ0) is 13.5. The predicted octanol–water partition coefficient (Wildman–Crippen LogP) is 1.70. The Morgan fingerprint density at radius 3 is 2.63 bits per heavy atom. The second-order valence-corrected chi connectivity index (χ2v) is 5.20. The lowest BCUT2D eigenvalue weighted by Crippen LogP contribution is -2.43. The van der Waals surface area contributed by atoms with Crippen LogP contribution in [0.15, 0.2) is 30.3 Å². The van der Waals surface area contributed by atoms with Crippen LogP contribution in [0.4, 0.5) is 5.69 Å². The normalized spacial score (nSPS) is 17.1. The van der Waals surface area contributed by atoms with Gasteiger partial charge < -0.3 is 15.5 Å². The highest BCUT2D eigenvalue weighted by molar-refractivity contribution is 5.80. The molecule has 0 aliphatic carbocycles. The fraction of sp³-hybridized carbons (Fsp3) is 0.533. The number of hydrogen-bond donors (Lipinski definition) is 2. The molecule has 0 saturated carbocycles. The van der Waals surface area contributed by atoms with E-state index in [1.54, 1.807) is 0 Å². The Labute approximate surface area is 115 Å². The molecule has 0 bridgehead atoms. The molecule has 4 heteroatoms. The molecule has 0 aromatic heterocycles. The van der Waals surface area contributed by atoms with Gasteiger partial charge in [-0.15, -0.1) is 0 Å². The van der Waals surface area contributed by atoms with Gasteiger partial charge in [-0.2, -0.15) is 0 Å². The van der Waals surface area contributed by atoms with E-state index >= 15 is 0 Å². The zero-order valence-electron chi connectivity index (χ0n) is 11.6. The van der Waals surface area contributed by atoms with Crippen molar-refractivity contribution >= 4 is 11.6 Å². The van der Waals surface area contributed by atoms with Gasteiger partial charge in [-0.3, -0.25) is 4.79 Å². The smallest absolute Gasteiger partial charge is 0.239 e. The highest BCUT2D eigenvalue weighted by Gasteiger charge is 2.15. The summed E-state index contributed by atoms with van der Waals surface area (Å²) in [5, 5.41) is 6.15. The number of nitrogens with zero attached hydrogens (tertiary/aromatic N) is 1. The average molecular weight is 261 g/mol. The minimum Gasteiger partial charge on any atom is -0.376 e. The van der Waals surface area contributed by atoms with Crippen molar-refractivity contribution in [2.24, 2.45) is 0 Å². The van der Waals surface area contributed by atoms with Crippen LogP contribution in [-0.2, 0) is 4.79 Å². The first kappa shape index (κ1) is 13.9. The van der Waals surface area contributed by atoms with Gasteiger partial charge in [0.15, 0.2) is 0 Å². The third-order valence-corrected chi connectivity index (χ3v) is 3.36. The molecule has 2 N–H and O–H groups in total. The van der Waals surface area contributed by atoms with E-state index in [1.165, 1.54) is 25.9 Å². The van der Waals surface area contributed by atoms with Gasteiger partial charge in [0.05, 0.1) is 6.54 Å². The van der Waals surface area contributed by atoms with Gasteiger partial charge in [-0.05, 0) is 45.0 Å². The predicted molar refractivity (Wildman–Crippen MR) is 78.2 cm³/mol. The number of carbonyl (C=O) groups excluding carboxylic acids is 1. The third-order valence-electron chi connectivity index (χ3n) is 3.36. The number of rotatable bonds is 6. The highest BCUT2D eigenvalue weighted by atomic mass is 16.1. The van der Waals surface area contributed by atoms with Gasteiger partial charge >= 0.3 is 0 Å². The maximum atomic E-state index is 11.8. The van der Waals surface area contributed by atoms with Crippen LogP contribution >= 0.6 is 0 Å². The van der Waals surface area contributed by atoms with Crippen molar-refractivity contribution in [1.82, 2.24) is 10.2 Å². The molecule has 1 fully saturated rings. The first-order chi connectivity index (χ1) is 9.24. The highest BCUT2D eigenvalue weighted by Crippen LogP contribution is 2.07. The fourth-order valence-corrected chi connectivity index (χ4v) is 2.46. The van der Waals surface area contributed by atoms with E-state index in [0.717, 1.165) is 12.2 Å². The van der Waals surface area contributed by atoms with Crippen LogP contribution in [0.25, 0.3) is 0 Å². The van der Waals surface area contributed by atoms with E-state index in [4.69, 9.17) is 0 Å². The Hall–Kier alpha value is -1.55. The molecule has 4 nitrogen and oxygen atoms in total. The van der Waals surface area contributed by atoms with Crippen molar-refractivity contribution in [2.75, 3.05) is 31.5 Å². The van der Waals surface area contributed by atoms with Crippen LogP contribution in [0.5, 0.6) is 0 Å². The third kappa shape index (κ3) is 4.91. The standard InChI is InChI=1S/C15H23N3O/c1-13(12-18-9-5-6-10-18)17-15(19)11-16-14-7-3-2-4-8-14/h2-4,7-8,13,16H,5-6,9-12H2,1H3,(H,17,19). The first-order valence-corrected chi connectivity index (χ1v) is 7.04. The number of benzene rings is 1. The van der Waals surface area contributed by atoms with Crippen molar-refractivity contribution in [3.05, 3.63) is 30.3 Å². The summed E-state index contributed by atoms with van der Waals surface area (Å²) in [6.07, 6.45) is 2.58. The number of hydrogen-bond acceptors (Lipinski definition) is 3. The first-order valence-electron chi connectivity index (χ1n) is 7.04.